The molecule has 1 saturated heterocycles. The van der Waals surface area contributed by atoms with E-state index in [1.807, 2.05) is 44.5 Å². The van der Waals surface area contributed by atoms with E-state index in [2.05, 4.69) is 10.3 Å². The number of thiophene rings is 1. The van der Waals surface area contributed by atoms with Gasteiger partial charge >= 0.3 is 6.09 Å². The first-order valence-electron chi connectivity index (χ1n) is 8.02. The van der Waals surface area contributed by atoms with Crippen molar-refractivity contribution in [1.29, 1.82) is 0 Å². The third-order valence-electron chi connectivity index (χ3n) is 3.64. The molecule has 0 saturated carbocycles. The number of hydrogen-bond donors (Lipinski definition) is 1. The van der Waals surface area contributed by atoms with Crippen LogP contribution in [0.4, 0.5) is 4.79 Å². The van der Waals surface area contributed by atoms with Gasteiger partial charge in [-0.25, -0.2) is 9.78 Å². The highest BCUT2D eigenvalue weighted by Crippen LogP contribution is 2.29. The van der Waals surface area contributed by atoms with Gasteiger partial charge in [0.1, 0.15) is 15.5 Å². The van der Waals surface area contributed by atoms with Crippen molar-refractivity contribution in [2.24, 2.45) is 0 Å². The SMILES string of the molecule is Cc1nc(-c2ccsc2)sc1C(=O)NC1CN(C(=O)OC(C)(C)C)C1. The molecule has 3 rings (SSSR count). The average molecular weight is 380 g/mol. The molecular weight excluding hydrogens is 358 g/mol. The molecule has 2 amide bonds. The number of ether oxygens (including phenoxy) is 1. The van der Waals surface area contributed by atoms with Gasteiger partial charge in [-0.05, 0) is 39.1 Å². The largest absolute Gasteiger partial charge is 0.444 e. The molecule has 0 spiro atoms. The number of aryl methyl sites for hydroxylation is 1. The average Bonchev–Trinajstić information content (AvgIpc) is 3.08. The Labute approximate surface area is 154 Å². The summed E-state index contributed by atoms with van der Waals surface area (Å²) >= 11 is 3.00. The fourth-order valence-electron chi connectivity index (χ4n) is 2.41. The standard InChI is InChI=1S/C17H21N3O3S2/c1-10-13(25-15(18-10)11-5-6-24-9-11)14(21)19-12-7-20(8-12)16(22)23-17(2,3)4/h5-6,9,12H,7-8H2,1-4H3,(H,19,21). The summed E-state index contributed by atoms with van der Waals surface area (Å²) in [4.78, 5) is 31.1. The van der Waals surface area contributed by atoms with Gasteiger partial charge in [-0.2, -0.15) is 11.3 Å². The van der Waals surface area contributed by atoms with Crippen LogP contribution in [0.3, 0.4) is 0 Å². The molecule has 8 heteroatoms. The minimum absolute atomic E-state index is 0.0499. The van der Waals surface area contributed by atoms with E-state index in [1.54, 1.807) is 16.2 Å². The number of nitrogens with one attached hydrogen (secondary N) is 1. The van der Waals surface area contributed by atoms with Crippen LogP contribution in [0.25, 0.3) is 10.6 Å². The lowest BCUT2D eigenvalue weighted by atomic mass is 10.1. The highest BCUT2D eigenvalue weighted by molar-refractivity contribution is 7.17. The molecule has 0 atom stereocenters. The van der Waals surface area contributed by atoms with Gasteiger partial charge in [0, 0.05) is 24.0 Å². The fourth-order valence-corrected chi connectivity index (χ4v) is 4.09. The highest BCUT2D eigenvalue weighted by atomic mass is 32.1. The van der Waals surface area contributed by atoms with E-state index >= 15 is 0 Å². The molecule has 25 heavy (non-hydrogen) atoms. The summed E-state index contributed by atoms with van der Waals surface area (Å²) in [6.07, 6.45) is -0.341. The Morgan fingerprint density at radius 2 is 2.08 bits per heavy atom. The summed E-state index contributed by atoms with van der Waals surface area (Å²) in [5.74, 6) is -0.134. The Morgan fingerprint density at radius 1 is 1.36 bits per heavy atom. The third kappa shape index (κ3) is 4.19. The van der Waals surface area contributed by atoms with Crippen LogP contribution in [-0.2, 0) is 4.74 Å². The molecule has 3 heterocycles. The van der Waals surface area contributed by atoms with Gasteiger partial charge < -0.3 is 15.0 Å². The molecule has 1 aliphatic heterocycles. The van der Waals surface area contributed by atoms with E-state index < -0.39 is 5.60 Å². The molecule has 0 bridgehead atoms. The van der Waals surface area contributed by atoms with Gasteiger partial charge in [0.25, 0.3) is 5.91 Å². The summed E-state index contributed by atoms with van der Waals surface area (Å²) in [7, 11) is 0. The van der Waals surface area contributed by atoms with Crippen LogP contribution in [0.5, 0.6) is 0 Å². The van der Waals surface area contributed by atoms with Gasteiger partial charge in [0.2, 0.25) is 0 Å². The molecule has 1 N–H and O–H groups in total. The third-order valence-corrected chi connectivity index (χ3v) is 5.53. The Kier molecular flexibility index (Phi) is 4.83. The lowest BCUT2D eigenvalue weighted by Gasteiger charge is -2.39. The molecule has 2 aromatic rings. The first kappa shape index (κ1) is 17.9. The first-order valence-corrected chi connectivity index (χ1v) is 9.77. The second-order valence-electron chi connectivity index (χ2n) is 7.00. The molecule has 2 aromatic heterocycles. The summed E-state index contributed by atoms with van der Waals surface area (Å²) in [5, 5.41) is 7.83. The maximum Gasteiger partial charge on any atom is 0.410 e. The fraction of sp³-hybridized carbons (Fsp3) is 0.471. The lowest BCUT2D eigenvalue weighted by Crippen LogP contribution is -2.61. The minimum atomic E-state index is -0.511. The van der Waals surface area contributed by atoms with Gasteiger partial charge in [-0.15, -0.1) is 11.3 Å². The van der Waals surface area contributed by atoms with Crippen LogP contribution in [0, 0.1) is 6.92 Å². The second-order valence-corrected chi connectivity index (χ2v) is 8.78. The number of hydrogen-bond acceptors (Lipinski definition) is 6. The number of nitrogens with zero attached hydrogens (tertiary/aromatic N) is 2. The van der Waals surface area contributed by atoms with Crippen molar-refractivity contribution >= 4 is 34.7 Å². The molecule has 0 radical (unpaired) electrons. The van der Waals surface area contributed by atoms with Crippen molar-refractivity contribution in [3.05, 3.63) is 27.4 Å². The van der Waals surface area contributed by atoms with Crippen LogP contribution in [0.15, 0.2) is 16.8 Å². The van der Waals surface area contributed by atoms with Crippen molar-refractivity contribution in [1.82, 2.24) is 15.2 Å². The summed E-state index contributed by atoms with van der Waals surface area (Å²) in [5.41, 5.74) is 1.26. The highest BCUT2D eigenvalue weighted by Gasteiger charge is 2.35. The quantitative estimate of drug-likeness (QED) is 0.886. The van der Waals surface area contributed by atoms with Crippen molar-refractivity contribution in [2.45, 2.75) is 39.3 Å². The molecule has 6 nitrogen and oxygen atoms in total. The minimum Gasteiger partial charge on any atom is -0.444 e. The maximum absolute atomic E-state index is 12.5. The summed E-state index contributed by atoms with van der Waals surface area (Å²) < 4.78 is 5.31. The normalized spacial score (nSPS) is 15.0. The number of rotatable bonds is 3. The van der Waals surface area contributed by atoms with Crippen molar-refractivity contribution < 1.29 is 14.3 Å². The molecular formula is C17H21N3O3S2. The summed E-state index contributed by atoms with van der Waals surface area (Å²) in [6.45, 7) is 8.28. The van der Waals surface area contributed by atoms with E-state index in [9.17, 15) is 9.59 Å². The predicted molar refractivity (Wildman–Crippen MR) is 99.2 cm³/mol. The van der Waals surface area contributed by atoms with Crippen molar-refractivity contribution in [3.8, 4) is 10.6 Å². The van der Waals surface area contributed by atoms with Crippen LogP contribution in [0.1, 0.15) is 36.1 Å². The van der Waals surface area contributed by atoms with E-state index in [0.717, 1.165) is 16.3 Å². The maximum atomic E-state index is 12.5. The topological polar surface area (TPSA) is 71.5 Å². The van der Waals surface area contributed by atoms with E-state index in [1.165, 1.54) is 11.3 Å². The Morgan fingerprint density at radius 3 is 2.68 bits per heavy atom. The van der Waals surface area contributed by atoms with Gasteiger partial charge in [-0.1, -0.05) is 0 Å². The smallest absolute Gasteiger partial charge is 0.410 e. The van der Waals surface area contributed by atoms with Gasteiger partial charge in [0.05, 0.1) is 11.7 Å². The Bertz CT molecular complexity index is 772. The Hall–Kier alpha value is -1.93. The van der Waals surface area contributed by atoms with Crippen LogP contribution >= 0.6 is 22.7 Å². The van der Waals surface area contributed by atoms with E-state index in [4.69, 9.17) is 4.74 Å². The van der Waals surface area contributed by atoms with Crippen LogP contribution < -0.4 is 5.32 Å². The molecule has 0 unspecified atom stereocenters. The number of amides is 2. The number of aromatic nitrogens is 1. The molecule has 1 fully saturated rings. The number of likely N-dealkylation sites (tertiary alicyclic amines) is 1. The zero-order chi connectivity index (χ0) is 18.2. The number of thiazole rings is 1. The van der Waals surface area contributed by atoms with Crippen molar-refractivity contribution in [3.63, 3.8) is 0 Å². The van der Waals surface area contributed by atoms with Crippen LogP contribution in [0.2, 0.25) is 0 Å². The predicted octanol–water partition coefficient (Wildman–Crippen LogP) is 3.53. The molecule has 0 aliphatic carbocycles. The molecule has 1 aliphatic rings. The van der Waals surface area contributed by atoms with E-state index in [-0.39, 0.29) is 18.0 Å². The Balaban J connectivity index is 1.55. The summed E-state index contributed by atoms with van der Waals surface area (Å²) in [6, 6.07) is 1.95. The van der Waals surface area contributed by atoms with Gasteiger partial charge in [-0.3, -0.25) is 4.79 Å². The second kappa shape index (κ2) is 6.76. The number of carbonyl (C=O) groups is 2. The molecule has 0 aromatic carbocycles. The monoisotopic (exact) mass is 379 g/mol. The zero-order valence-electron chi connectivity index (χ0n) is 14.7. The zero-order valence-corrected chi connectivity index (χ0v) is 16.3. The van der Waals surface area contributed by atoms with Crippen LogP contribution in [-0.4, -0.2) is 46.6 Å². The number of carbonyl (C=O) groups excluding carboxylic acids is 2. The van der Waals surface area contributed by atoms with Crippen molar-refractivity contribution in [2.75, 3.05) is 13.1 Å². The first-order chi connectivity index (χ1) is 11.7. The molecule has 134 valence electrons. The van der Waals surface area contributed by atoms with E-state index in [0.29, 0.717) is 18.0 Å². The van der Waals surface area contributed by atoms with Gasteiger partial charge in [0.15, 0.2) is 0 Å². The lowest BCUT2D eigenvalue weighted by molar-refractivity contribution is 0.00534.